The maximum atomic E-state index is 14.3. The first kappa shape index (κ1) is 40.3. The summed E-state index contributed by atoms with van der Waals surface area (Å²) in [4.78, 5) is 92.8. The Morgan fingerprint density at radius 3 is 1.89 bits per heavy atom. The third kappa shape index (κ3) is 12.6. The van der Waals surface area contributed by atoms with Crippen molar-refractivity contribution < 1.29 is 33.6 Å². The van der Waals surface area contributed by atoms with Gasteiger partial charge in [0.15, 0.2) is 17.3 Å². The summed E-state index contributed by atoms with van der Waals surface area (Å²) < 4.78 is 0. The van der Waals surface area contributed by atoms with Crippen molar-refractivity contribution in [2.45, 2.75) is 121 Å². The number of amides is 4. The van der Waals surface area contributed by atoms with Crippen LogP contribution < -0.4 is 21.7 Å². The summed E-state index contributed by atoms with van der Waals surface area (Å²) in [5.74, 6) is -2.99. The van der Waals surface area contributed by atoms with Gasteiger partial charge in [-0.1, -0.05) is 112 Å². The van der Waals surface area contributed by atoms with Gasteiger partial charge in [-0.15, -0.1) is 0 Å². The zero-order valence-electron chi connectivity index (χ0n) is 31.1. The van der Waals surface area contributed by atoms with E-state index in [-0.39, 0.29) is 60.8 Å². The molecule has 5 rings (SSSR count). The van der Waals surface area contributed by atoms with Gasteiger partial charge in [0.05, 0.1) is 12.1 Å². The third-order valence-electron chi connectivity index (χ3n) is 11.0. The monoisotopic (exact) mass is 738 g/mol. The fourth-order valence-electron chi connectivity index (χ4n) is 7.65. The Bertz CT molecular complexity index is 1680. The Labute approximate surface area is 317 Å². The molecule has 2 fully saturated rings. The second-order valence-electron chi connectivity index (χ2n) is 15.4. The van der Waals surface area contributed by atoms with Gasteiger partial charge in [0, 0.05) is 42.0 Å². The van der Waals surface area contributed by atoms with Crippen LogP contribution in [-0.2, 0) is 35.2 Å². The number of ketones is 3. The normalized spacial score (nSPS) is 25.1. The minimum absolute atomic E-state index is 0.0816. The van der Waals surface area contributed by atoms with Gasteiger partial charge in [-0.25, -0.2) is 0 Å². The van der Waals surface area contributed by atoms with E-state index in [1.165, 1.54) is 0 Å². The first-order valence-electron chi connectivity index (χ1n) is 19.7. The Morgan fingerprint density at radius 2 is 1.22 bits per heavy atom. The van der Waals surface area contributed by atoms with Crippen molar-refractivity contribution in [1.29, 1.82) is 0 Å². The summed E-state index contributed by atoms with van der Waals surface area (Å²) in [5.41, 5.74) is 7.39. The number of carbonyl (C=O) groups is 7. The van der Waals surface area contributed by atoms with E-state index in [9.17, 15) is 33.6 Å². The molecule has 1 aliphatic heterocycles. The van der Waals surface area contributed by atoms with E-state index in [2.05, 4.69) is 16.0 Å². The van der Waals surface area contributed by atoms with Crippen LogP contribution in [0.1, 0.15) is 118 Å². The van der Waals surface area contributed by atoms with Crippen LogP contribution in [-0.4, -0.2) is 59.1 Å². The van der Waals surface area contributed by atoms with Gasteiger partial charge in [-0.05, 0) is 49.5 Å². The molecule has 4 atom stereocenters. The van der Waals surface area contributed by atoms with Crippen LogP contribution in [0, 0.1) is 17.8 Å². The van der Waals surface area contributed by atoms with Crippen molar-refractivity contribution >= 4 is 41.0 Å². The van der Waals surface area contributed by atoms with E-state index < -0.39 is 41.8 Å². The Hall–Kier alpha value is -4.93. The molecule has 1 unspecified atom stereocenters. The lowest BCUT2D eigenvalue weighted by molar-refractivity contribution is -0.134. The van der Waals surface area contributed by atoms with E-state index >= 15 is 0 Å². The Balaban J connectivity index is 1.39. The van der Waals surface area contributed by atoms with Crippen molar-refractivity contribution in [2.75, 3.05) is 0 Å². The van der Waals surface area contributed by atoms with Crippen LogP contribution in [0.2, 0.25) is 0 Å². The van der Waals surface area contributed by atoms with E-state index in [1.54, 1.807) is 36.4 Å². The first-order chi connectivity index (χ1) is 26.0. The van der Waals surface area contributed by atoms with Gasteiger partial charge >= 0.3 is 0 Å². The zero-order chi connectivity index (χ0) is 38.5. The fourth-order valence-corrected chi connectivity index (χ4v) is 7.65. The third-order valence-corrected chi connectivity index (χ3v) is 11.0. The van der Waals surface area contributed by atoms with Crippen LogP contribution in [0.5, 0.6) is 0 Å². The lowest BCUT2D eigenvalue weighted by atomic mass is 9.80. The summed E-state index contributed by atoms with van der Waals surface area (Å²) in [7, 11) is 0. The van der Waals surface area contributed by atoms with Gasteiger partial charge in [-0.3, -0.25) is 33.6 Å². The highest BCUT2D eigenvalue weighted by Crippen LogP contribution is 2.35. The minimum Gasteiger partial charge on any atom is -0.368 e. The van der Waals surface area contributed by atoms with E-state index in [1.807, 2.05) is 18.2 Å². The van der Waals surface area contributed by atoms with E-state index in [0.29, 0.717) is 43.2 Å². The standard InChI is InChI=1S/C43H54N4O7/c44-42(53)34-14-8-3-9-15-37(48)35(25-30-18-20-32(21-19-30)41(52)31-12-6-2-7-13-31)47-43(54)33(24-28-10-4-1-5-11-28)27-38(49)36(26-29-16-17-29)46-40(51)23-22-39(50)45-34/h2,6-7,12-13,18-23,28-29,33-36H,1,3-5,8-11,14-17,24-27H2,(H2,44,53)(H,45,50)(H,46,51)(H,47,54)/b23-22+/t33-,34-,35?,36+/m1/s1. The number of benzene rings is 2. The smallest absolute Gasteiger partial charge is 0.244 e. The lowest BCUT2D eigenvalue weighted by Crippen LogP contribution is -2.47. The molecule has 0 bridgehead atoms. The van der Waals surface area contributed by atoms with Crippen LogP contribution in [0.3, 0.4) is 0 Å². The summed E-state index contributed by atoms with van der Waals surface area (Å²) in [6, 6.07) is 13.4. The fraction of sp³-hybridized carbons (Fsp3) is 0.512. The van der Waals surface area contributed by atoms with Crippen LogP contribution in [0.25, 0.3) is 0 Å². The van der Waals surface area contributed by atoms with E-state index in [0.717, 1.165) is 62.7 Å². The average Bonchev–Trinajstić information content (AvgIpc) is 4.00. The summed E-state index contributed by atoms with van der Waals surface area (Å²) in [5, 5.41) is 8.37. The van der Waals surface area contributed by atoms with Crippen LogP contribution in [0.15, 0.2) is 66.7 Å². The van der Waals surface area contributed by atoms with Gasteiger partial charge in [0.1, 0.15) is 6.04 Å². The molecule has 54 heavy (non-hydrogen) atoms. The van der Waals surface area contributed by atoms with E-state index in [4.69, 9.17) is 5.73 Å². The summed E-state index contributed by atoms with van der Waals surface area (Å²) in [6.07, 6.45) is 12.3. The van der Waals surface area contributed by atoms with Crippen molar-refractivity contribution in [2.24, 2.45) is 23.5 Å². The molecule has 4 amide bonds. The molecule has 2 aromatic carbocycles. The molecule has 3 aliphatic rings. The number of primary amides is 1. The number of rotatable bonds is 9. The van der Waals surface area contributed by atoms with Gasteiger partial charge < -0.3 is 21.7 Å². The molecule has 11 heteroatoms. The molecule has 2 saturated carbocycles. The molecule has 11 nitrogen and oxygen atoms in total. The quantitative estimate of drug-likeness (QED) is 0.266. The molecule has 2 aromatic rings. The number of Topliss-reactive ketones (excluding diaryl/α,β-unsaturated/α-hetero) is 2. The van der Waals surface area contributed by atoms with Gasteiger partial charge in [-0.2, -0.15) is 0 Å². The molecule has 1 heterocycles. The predicted octanol–water partition coefficient (Wildman–Crippen LogP) is 4.84. The molecule has 0 aromatic heterocycles. The molecular weight excluding hydrogens is 684 g/mol. The van der Waals surface area contributed by atoms with Crippen LogP contribution in [0.4, 0.5) is 0 Å². The molecule has 2 aliphatic carbocycles. The lowest BCUT2D eigenvalue weighted by Gasteiger charge is -2.28. The molecule has 5 N–H and O–H groups in total. The molecule has 0 saturated heterocycles. The van der Waals surface area contributed by atoms with Crippen molar-refractivity contribution in [3.05, 3.63) is 83.4 Å². The van der Waals surface area contributed by atoms with Crippen LogP contribution >= 0.6 is 0 Å². The number of nitrogens with one attached hydrogen (secondary N) is 3. The molecule has 0 radical (unpaired) electrons. The highest BCUT2D eigenvalue weighted by Gasteiger charge is 2.35. The molecule has 0 spiro atoms. The molecular formula is C43H54N4O7. The summed E-state index contributed by atoms with van der Waals surface area (Å²) in [6.45, 7) is 0. The predicted molar refractivity (Wildman–Crippen MR) is 204 cm³/mol. The van der Waals surface area contributed by atoms with Crippen molar-refractivity contribution in [3.63, 3.8) is 0 Å². The number of hydrogen-bond donors (Lipinski definition) is 4. The maximum absolute atomic E-state index is 14.3. The Kier molecular flexibility index (Phi) is 14.9. The topological polar surface area (TPSA) is 182 Å². The van der Waals surface area contributed by atoms with Crippen molar-refractivity contribution in [1.82, 2.24) is 16.0 Å². The average molecular weight is 739 g/mol. The highest BCUT2D eigenvalue weighted by molar-refractivity contribution is 6.09. The number of nitrogens with two attached hydrogens (primary N) is 1. The molecule has 288 valence electrons. The minimum atomic E-state index is -0.958. The second-order valence-corrected chi connectivity index (χ2v) is 15.4. The SMILES string of the molecule is NC(=O)[C@H]1CCCCCC(=O)C(Cc2ccc(C(=O)c3ccccc3)cc2)NC(=O)[C@H](CC2CCCCC2)CC(=O)[C@H](CC2CC2)NC(=O)/C=C/C(=O)N1. The number of carbonyl (C=O) groups excluding carboxylic acids is 7. The van der Waals surface area contributed by atoms with Crippen molar-refractivity contribution in [3.8, 4) is 0 Å². The highest BCUT2D eigenvalue weighted by atomic mass is 16.2. The zero-order valence-corrected chi connectivity index (χ0v) is 31.1. The maximum Gasteiger partial charge on any atom is 0.244 e. The second kappa shape index (κ2) is 19.9. The van der Waals surface area contributed by atoms with Gasteiger partial charge in [0.2, 0.25) is 23.6 Å². The largest absolute Gasteiger partial charge is 0.368 e. The first-order valence-corrected chi connectivity index (χ1v) is 19.7. The summed E-state index contributed by atoms with van der Waals surface area (Å²) >= 11 is 0. The number of hydrogen-bond acceptors (Lipinski definition) is 7. The Morgan fingerprint density at radius 1 is 0.611 bits per heavy atom. The van der Waals surface area contributed by atoms with Gasteiger partial charge in [0.25, 0.3) is 0 Å².